The Hall–Kier alpha value is -2.07. The maximum absolute atomic E-state index is 5.85. The fraction of sp³-hybridized carbons (Fsp3) is 0.353. The molecule has 0 saturated heterocycles. The third kappa shape index (κ3) is 4.76. The van der Waals surface area contributed by atoms with Crippen LogP contribution in [0.25, 0.3) is 0 Å². The van der Waals surface area contributed by atoms with Crippen LogP contribution in [0.1, 0.15) is 24.6 Å². The third-order valence-corrected chi connectivity index (χ3v) is 3.27. The van der Waals surface area contributed by atoms with Crippen LogP contribution in [0.2, 0.25) is 0 Å². The van der Waals surface area contributed by atoms with Crippen molar-refractivity contribution >= 4 is 5.69 Å². The summed E-state index contributed by atoms with van der Waals surface area (Å²) in [5.41, 5.74) is 8.91. The van der Waals surface area contributed by atoms with E-state index in [0.717, 1.165) is 37.4 Å². The molecule has 0 saturated carbocycles. The van der Waals surface area contributed by atoms with Crippen LogP contribution in [0.5, 0.6) is 5.88 Å². The predicted molar refractivity (Wildman–Crippen MR) is 86.0 cm³/mol. The first-order valence-electron chi connectivity index (χ1n) is 7.28. The number of methoxy groups -OCH3 is 1. The zero-order valence-corrected chi connectivity index (χ0v) is 12.7. The van der Waals surface area contributed by atoms with Crippen LogP contribution in [0.4, 0.5) is 5.69 Å². The van der Waals surface area contributed by atoms with Gasteiger partial charge in [-0.05, 0) is 36.7 Å². The molecule has 0 radical (unpaired) electrons. The van der Waals surface area contributed by atoms with E-state index in [0.29, 0.717) is 5.88 Å². The molecule has 112 valence electrons. The van der Waals surface area contributed by atoms with Gasteiger partial charge in [0.1, 0.15) is 0 Å². The van der Waals surface area contributed by atoms with E-state index in [9.17, 15) is 0 Å². The maximum atomic E-state index is 5.85. The van der Waals surface area contributed by atoms with Gasteiger partial charge in [0, 0.05) is 24.8 Å². The molecular formula is C17H23N3O. The fourth-order valence-corrected chi connectivity index (χ4v) is 2.37. The highest BCUT2D eigenvalue weighted by Crippen LogP contribution is 2.14. The summed E-state index contributed by atoms with van der Waals surface area (Å²) in [4.78, 5) is 6.86. The molecule has 2 aromatic rings. The lowest BCUT2D eigenvalue weighted by Gasteiger charge is -2.21. The van der Waals surface area contributed by atoms with Gasteiger partial charge in [0.2, 0.25) is 5.88 Å². The van der Waals surface area contributed by atoms with Crippen LogP contribution in [-0.4, -0.2) is 23.5 Å². The lowest BCUT2D eigenvalue weighted by Crippen LogP contribution is -2.24. The molecule has 0 aliphatic carbocycles. The standard InChI is InChI=1S/C17H23N3O/c1-3-10-20(12-14-6-4-7-15(18)11-14)13-16-8-5-9-17(19-16)21-2/h4-9,11H,3,10,12-13,18H2,1-2H3. The number of hydrogen-bond donors (Lipinski definition) is 1. The molecule has 4 nitrogen and oxygen atoms in total. The van der Waals surface area contributed by atoms with Gasteiger partial charge in [-0.2, -0.15) is 0 Å². The lowest BCUT2D eigenvalue weighted by molar-refractivity contribution is 0.253. The molecule has 1 heterocycles. The van der Waals surface area contributed by atoms with Crippen molar-refractivity contribution in [3.8, 4) is 5.88 Å². The number of pyridine rings is 1. The molecule has 1 aromatic heterocycles. The van der Waals surface area contributed by atoms with Gasteiger partial charge in [0.25, 0.3) is 0 Å². The zero-order chi connectivity index (χ0) is 15.1. The first kappa shape index (κ1) is 15.3. The van der Waals surface area contributed by atoms with Crippen LogP contribution in [0.3, 0.4) is 0 Å². The molecular weight excluding hydrogens is 262 g/mol. The molecule has 0 atom stereocenters. The van der Waals surface area contributed by atoms with E-state index in [4.69, 9.17) is 10.5 Å². The monoisotopic (exact) mass is 285 g/mol. The fourth-order valence-electron chi connectivity index (χ4n) is 2.37. The van der Waals surface area contributed by atoms with Crippen LogP contribution in [0.15, 0.2) is 42.5 Å². The molecule has 2 N–H and O–H groups in total. The number of nitrogen functional groups attached to an aromatic ring is 1. The smallest absolute Gasteiger partial charge is 0.213 e. The van der Waals surface area contributed by atoms with Gasteiger partial charge in [-0.1, -0.05) is 25.1 Å². The molecule has 0 spiro atoms. The SMILES string of the molecule is CCCN(Cc1cccc(N)c1)Cc1cccc(OC)n1. The van der Waals surface area contributed by atoms with Crippen LogP contribution in [0, 0.1) is 0 Å². The Labute approximate surface area is 126 Å². The van der Waals surface area contributed by atoms with Gasteiger partial charge < -0.3 is 10.5 Å². The molecule has 4 heteroatoms. The number of aromatic nitrogens is 1. The van der Waals surface area contributed by atoms with Gasteiger partial charge in [-0.25, -0.2) is 4.98 Å². The third-order valence-electron chi connectivity index (χ3n) is 3.27. The van der Waals surface area contributed by atoms with Gasteiger partial charge in [-0.15, -0.1) is 0 Å². The number of anilines is 1. The Kier molecular flexibility index (Phi) is 5.58. The molecule has 0 amide bonds. The van der Waals surface area contributed by atoms with Crippen LogP contribution < -0.4 is 10.5 Å². The minimum absolute atomic E-state index is 0.660. The van der Waals surface area contributed by atoms with E-state index in [2.05, 4.69) is 22.9 Å². The average Bonchev–Trinajstić information content (AvgIpc) is 2.48. The second kappa shape index (κ2) is 7.64. The second-order valence-corrected chi connectivity index (χ2v) is 5.13. The van der Waals surface area contributed by atoms with Crippen LogP contribution in [-0.2, 0) is 13.1 Å². The van der Waals surface area contributed by atoms with E-state index in [1.807, 2.05) is 36.4 Å². The van der Waals surface area contributed by atoms with Gasteiger partial charge in [0.15, 0.2) is 0 Å². The van der Waals surface area contributed by atoms with Crippen molar-refractivity contribution in [1.82, 2.24) is 9.88 Å². The normalized spacial score (nSPS) is 10.8. The molecule has 0 unspecified atom stereocenters. The number of nitrogens with two attached hydrogens (primary N) is 1. The zero-order valence-electron chi connectivity index (χ0n) is 12.7. The molecule has 0 aliphatic heterocycles. The second-order valence-electron chi connectivity index (χ2n) is 5.13. The highest BCUT2D eigenvalue weighted by molar-refractivity contribution is 5.40. The minimum atomic E-state index is 0.660. The number of nitrogens with zero attached hydrogens (tertiary/aromatic N) is 2. The highest BCUT2D eigenvalue weighted by atomic mass is 16.5. The van der Waals surface area contributed by atoms with Gasteiger partial charge in [-0.3, -0.25) is 4.90 Å². The van der Waals surface area contributed by atoms with E-state index < -0.39 is 0 Å². The van der Waals surface area contributed by atoms with Gasteiger partial charge >= 0.3 is 0 Å². The summed E-state index contributed by atoms with van der Waals surface area (Å²) in [6.07, 6.45) is 1.10. The molecule has 1 aromatic carbocycles. The van der Waals surface area contributed by atoms with Crippen molar-refractivity contribution in [3.63, 3.8) is 0 Å². The molecule has 2 rings (SSSR count). The molecule has 0 aliphatic rings. The van der Waals surface area contributed by atoms with E-state index in [1.165, 1.54) is 5.56 Å². The maximum Gasteiger partial charge on any atom is 0.213 e. The Balaban J connectivity index is 2.07. The summed E-state index contributed by atoms with van der Waals surface area (Å²) >= 11 is 0. The Morgan fingerprint density at radius 3 is 2.67 bits per heavy atom. The van der Waals surface area contributed by atoms with Crippen molar-refractivity contribution in [2.24, 2.45) is 0 Å². The van der Waals surface area contributed by atoms with E-state index >= 15 is 0 Å². The lowest BCUT2D eigenvalue weighted by atomic mass is 10.2. The highest BCUT2D eigenvalue weighted by Gasteiger charge is 2.08. The molecule has 0 fully saturated rings. The minimum Gasteiger partial charge on any atom is -0.481 e. The molecule has 21 heavy (non-hydrogen) atoms. The summed E-state index contributed by atoms with van der Waals surface area (Å²) in [5, 5.41) is 0. The van der Waals surface area contributed by atoms with Crippen molar-refractivity contribution in [2.45, 2.75) is 26.4 Å². The number of rotatable bonds is 7. The summed E-state index contributed by atoms with van der Waals surface area (Å²) < 4.78 is 5.18. The Morgan fingerprint density at radius 1 is 1.14 bits per heavy atom. The quantitative estimate of drug-likeness (QED) is 0.794. The topological polar surface area (TPSA) is 51.4 Å². The van der Waals surface area contributed by atoms with E-state index in [1.54, 1.807) is 7.11 Å². The first-order valence-corrected chi connectivity index (χ1v) is 7.28. The Morgan fingerprint density at radius 2 is 1.95 bits per heavy atom. The van der Waals surface area contributed by atoms with E-state index in [-0.39, 0.29) is 0 Å². The van der Waals surface area contributed by atoms with Crippen molar-refractivity contribution < 1.29 is 4.74 Å². The number of benzene rings is 1. The Bertz CT molecular complexity index is 571. The summed E-state index contributed by atoms with van der Waals surface area (Å²) in [6.45, 7) is 4.89. The van der Waals surface area contributed by atoms with Crippen molar-refractivity contribution in [3.05, 3.63) is 53.7 Å². The summed E-state index contributed by atoms with van der Waals surface area (Å²) in [7, 11) is 1.64. The number of ether oxygens (including phenoxy) is 1. The summed E-state index contributed by atoms with van der Waals surface area (Å²) in [5.74, 6) is 0.660. The molecule has 0 bridgehead atoms. The average molecular weight is 285 g/mol. The summed E-state index contributed by atoms with van der Waals surface area (Å²) in [6, 6.07) is 13.9. The number of hydrogen-bond acceptors (Lipinski definition) is 4. The first-order chi connectivity index (χ1) is 10.2. The van der Waals surface area contributed by atoms with Gasteiger partial charge in [0.05, 0.1) is 12.8 Å². The largest absolute Gasteiger partial charge is 0.481 e. The van der Waals surface area contributed by atoms with Crippen molar-refractivity contribution in [1.29, 1.82) is 0 Å². The predicted octanol–water partition coefficient (Wildman–Crippen LogP) is 3.08. The van der Waals surface area contributed by atoms with Crippen LogP contribution >= 0.6 is 0 Å². The van der Waals surface area contributed by atoms with Crippen molar-refractivity contribution in [2.75, 3.05) is 19.4 Å².